The van der Waals surface area contributed by atoms with Gasteiger partial charge in [-0.3, -0.25) is 0 Å². The molecular weight excluding hydrogens is 379 g/mol. The van der Waals surface area contributed by atoms with Gasteiger partial charge in [0.2, 0.25) is 0 Å². The lowest BCUT2D eigenvalue weighted by atomic mass is 10.2. The Morgan fingerprint density at radius 2 is 2.10 bits per heavy atom. The second-order valence-electron chi connectivity index (χ2n) is 5.49. The highest BCUT2D eigenvalue weighted by Gasteiger charge is 2.14. The van der Waals surface area contributed by atoms with Gasteiger partial charge in [0.05, 0.1) is 0 Å². The summed E-state index contributed by atoms with van der Waals surface area (Å²) in [6.45, 7) is 8.75. The molecular formula is C14H27IN6. The topological polar surface area (TPSA) is 67.1 Å². The Kier molecular flexibility index (Phi) is 7.98. The first kappa shape index (κ1) is 18.2. The third-order valence-electron chi connectivity index (χ3n) is 3.33. The summed E-state index contributed by atoms with van der Waals surface area (Å²) in [5.74, 6) is 2.94. The van der Waals surface area contributed by atoms with Crippen LogP contribution in [-0.2, 0) is 19.5 Å². The number of nitrogens with zero attached hydrogens (tertiary/aromatic N) is 4. The fourth-order valence-electron chi connectivity index (χ4n) is 2.41. The fourth-order valence-corrected chi connectivity index (χ4v) is 2.41. The molecule has 0 saturated heterocycles. The van der Waals surface area contributed by atoms with Crippen LogP contribution in [0.3, 0.4) is 0 Å². The first-order valence-electron chi connectivity index (χ1n) is 7.66. The number of aliphatic imine (C=N–C) groups is 1. The third kappa shape index (κ3) is 5.44. The van der Waals surface area contributed by atoms with Gasteiger partial charge >= 0.3 is 0 Å². The average molecular weight is 406 g/mol. The van der Waals surface area contributed by atoms with Crippen molar-refractivity contribution in [2.45, 2.75) is 65.6 Å². The van der Waals surface area contributed by atoms with Gasteiger partial charge in [0, 0.05) is 25.6 Å². The Morgan fingerprint density at radius 3 is 2.81 bits per heavy atom. The molecule has 120 valence electrons. The monoisotopic (exact) mass is 406 g/mol. The zero-order valence-corrected chi connectivity index (χ0v) is 15.6. The Morgan fingerprint density at radius 1 is 1.29 bits per heavy atom. The molecule has 0 aromatic carbocycles. The van der Waals surface area contributed by atoms with Crippen molar-refractivity contribution in [3.63, 3.8) is 0 Å². The van der Waals surface area contributed by atoms with Crippen LogP contribution in [0.2, 0.25) is 0 Å². The van der Waals surface area contributed by atoms with E-state index in [1.165, 1.54) is 19.3 Å². The van der Waals surface area contributed by atoms with Crippen molar-refractivity contribution in [1.82, 2.24) is 25.4 Å². The van der Waals surface area contributed by atoms with E-state index in [1.54, 1.807) is 0 Å². The molecule has 2 heterocycles. The number of hydrogen-bond donors (Lipinski definition) is 2. The van der Waals surface area contributed by atoms with Crippen LogP contribution in [0, 0.1) is 0 Å². The van der Waals surface area contributed by atoms with Crippen molar-refractivity contribution < 1.29 is 0 Å². The Hall–Kier alpha value is -0.860. The number of fused-ring (bicyclic) bond motifs is 1. The zero-order chi connectivity index (χ0) is 14.4. The van der Waals surface area contributed by atoms with Crippen molar-refractivity contribution in [3.05, 3.63) is 11.6 Å². The molecule has 6 nitrogen and oxygen atoms in total. The van der Waals surface area contributed by atoms with Crippen LogP contribution in [0.25, 0.3) is 0 Å². The molecule has 0 unspecified atom stereocenters. The number of aryl methyl sites for hydroxylation is 1. The van der Waals surface area contributed by atoms with E-state index < -0.39 is 0 Å². The molecule has 0 fully saturated rings. The molecule has 0 radical (unpaired) electrons. The van der Waals surface area contributed by atoms with Gasteiger partial charge in [-0.25, -0.2) is 4.99 Å². The smallest absolute Gasteiger partial charge is 0.191 e. The molecule has 2 rings (SSSR count). The van der Waals surface area contributed by atoms with Gasteiger partial charge in [-0.2, -0.15) is 0 Å². The molecule has 0 saturated carbocycles. The summed E-state index contributed by atoms with van der Waals surface area (Å²) < 4.78 is 2.25. The number of aromatic nitrogens is 3. The summed E-state index contributed by atoms with van der Waals surface area (Å²) in [6, 6.07) is 0.364. The van der Waals surface area contributed by atoms with Crippen molar-refractivity contribution in [3.8, 4) is 0 Å². The summed E-state index contributed by atoms with van der Waals surface area (Å²) in [5, 5.41) is 15.2. The highest BCUT2D eigenvalue weighted by molar-refractivity contribution is 14.0. The summed E-state index contributed by atoms with van der Waals surface area (Å²) >= 11 is 0. The number of rotatable bonds is 4. The van der Waals surface area contributed by atoms with Crippen molar-refractivity contribution >= 4 is 29.9 Å². The quantitative estimate of drug-likeness (QED) is 0.457. The number of nitrogens with one attached hydrogen (secondary N) is 2. The van der Waals surface area contributed by atoms with E-state index in [0.29, 0.717) is 12.6 Å². The largest absolute Gasteiger partial charge is 0.357 e. The molecule has 21 heavy (non-hydrogen) atoms. The van der Waals surface area contributed by atoms with E-state index in [1.807, 2.05) is 0 Å². The molecule has 1 aromatic rings. The minimum Gasteiger partial charge on any atom is -0.357 e. The fraction of sp³-hybridized carbons (Fsp3) is 0.786. The maximum Gasteiger partial charge on any atom is 0.191 e. The van der Waals surface area contributed by atoms with Crippen LogP contribution < -0.4 is 10.6 Å². The molecule has 0 aliphatic carbocycles. The average Bonchev–Trinajstić information content (AvgIpc) is 2.64. The molecule has 1 aliphatic heterocycles. The SMILES string of the molecule is CCNC(=NCc1nnc2n1CCCCC2)NC(C)C.I. The highest BCUT2D eigenvalue weighted by Crippen LogP contribution is 2.14. The summed E-state index contributed by atoms with van der Waals surface area (Å²) in [6.07, 6.45) is 4.76. The predicted octanol–water partition coefficient (Wildman–Crippen LogP) is 2.09. The zero-order valence-electron chi connectivity index (χ0n) is 13.2. The lowest BCUT2D eigenvalue weighted by molar-refractivity contribution is 0.604. The third-order valence-corrected chi connectivity index (χ3v) is 3.33. The van der Waals surface area contributed by atoms with Crippen LogP contribution in [0.15, 0.2) is 4.99 Å². The van der Waals surface area contributed by atoms with Gasteiger partial charge in [-0.05, 0) is 33.6 Å². The minimum atomic E-state index is 0. The first-order valence-corrected chi connectivity index (χ1v) is 7.66. The normalized spacial score (nSPS) is 15.1. The Labute approximate surface area is 144 Å². The second kappa shape index (κ2) is 9.22. The molecule has 0 amide bonds. The van der Waals surface area contributed by atoms with Crippen molar-refractivity contribution in [1.29, 1.82) is 0 Å². The van der Waals surface area contributed by atoms with Crippen molar-refractivity contribution in [2.24, 2.45) is 4.99 Å². The van der Waals surface area contributed by atoms with E-state index in [9.17, 15) is 0 Å². The molecule has 1 aromatic heterocycles. The van der Waals surface area contributed by atoms with E-state index in [2.05, 4.69) is 51.2 Å². The molecule has 2 N–H and O–H groups in total. The molecule has 0 atom stereocenters. The Balaban J connectivity index is 0.00000220. The standard InChI is InChI=1S/C14H26N6.HI/c1-4-15-14(17-11(2)3)16-10-13-19-18-12-8-6-5-7-9-20(12)13;/h11H,4-10H2,1-3H3,(H2,15,16,17);1H. The van der Waals surface area contributed by atoms with Gasteiger partial charge in [-0.15, -0.1) is 34.2 Å². The van der Waals surface area contributed by atoms with Gasteiger partial charge in [0.15, 0.2) is 11.8 Å². The molecule has 7 heteroatoms. The lowest BCUT2D eigenvalue weighted by Gasteiger charge is -2.14. The molecule has 1 aliphatic rings. The number of guanidine groups is 1. The second-order valence-corrected chi connectivity index (χ2v) is 5.49. The van der Waals surface area contributed by atoms with E-state index in [4.69, 9.17) is 0 Å². The molecule has 0 spiro atoms. The van der Waals surface area contributed by atoms with Gasteiger partial charge in [-0.1, -0.05) is 6.42 Å². The summed E-state index contributed by atoms with van der Waals surface area (Å²) in [7, 11) is 0. The Bertz CT molecular complexity index is 454. The van der Waals surface area contributed by atoms with Crippen molar-refractivity contribution in [2.75, 3.05) is 6.54 Å². The van der Waals surface area contributed by atoms with E-state index in [0.717, 1.165) is 37.1 Å². The summed E-state index contributed by atoms with van der Waals surface area (Å²) in [4.78, 5) is 4.61. The van der Waals surface area contributed by atoms with Gasteiger partial charge < -0.3 is 15.2 Å². The number of hydrogen-bond acceptors (Lipinski definition) is 3. The van der Waals surface area contributed by atoms with Crippen LogP contribution in [0.5, 0.6) is 0 Å². The minimum absolute atomic E-state index is 0. The van der Waals surface area contributed by atoms with Gasteiger partial charge in [0.25, 0.3) is 0 Å². The molecule has 0 bridgehead atoms. The van der Waals surface area contributed by atoms with Gasteiger partial charge in [0.1, 0.15) is 12.4 Å². The predicted molar refractivity (Wildman–Crippen MR) is 96.1 cm³/mol. The van der Waals surface area contributed by atoms with E-state index >= 15 is 0 Å². The number of halogens is 1. The van der Waals surface area contributed by atoms with Crippen LogP contribution in [0.1, 0.15) is 51.7 Å². The lowest BCUT2D eigenvalue weighted by Crippen LogP contribution is -2.41. The van der Waals surface area contributed by atoms with Crippen LogP contribution in [-0.4, -0.2) is 33.3 Å². The van der Waals surface area contributed by atoms with E-state index in [-0.39, 0.29) is 24.0 Å². The first-order chi connectivity index (χ1) is 9.70. The maximum absolute atomic E-state index is 4.61. The highest BCUT2D eigenvalue weighted by atomic mass is 127. The maximum atomic E-state index is 4.61. The summed E-state index contributed by atoms with van der Waals surface area (Å²) in [5.41, 5.74) is 0. The van der Waals surface area contributed by atoms with Crippen LogP contribution in [0.4, 0.5) is 0 Å². The van der Waals surface area contributed by atoms with Crippen LogP contribution >= 0.6 is 24.0 Å².